The van der Waals surface area contributed by atoms with Gasteiger partial charge in [0, 0.05) is 30.4 Å². The highest BCUT2D eigenvalue weighted by Crippen LogP contribution is 2.26. The molecule has 0 saturated carbocycles. The van der Waals surface area contributed by atoms with E-state index >= 15 is 0 Å². The molecular formula is C25H34N2O5. The number of ketones is 1. The molecule has 0 bridgehead atoms. The maximum absolute atomic E-state index is 13.6. The van der Waals surface area contributed by atoms with Gasteiger partial charge in [-0.15, -0.1) is 0 Å². The quantitative estimate of drug-likeness (QED) is 0.430. The Balaban J connectivity index is 2.47. The monoisotopic (exact) mass is 442 g/mol. The van der Waals surface area contributed by atoms with Crippen molar-refractivity contribution in [3.63, 3.8) is 0 Å². The SMILES string of the molecule is CCOC(=O)c1c(C)c(C(=O)C(C)N(CC(C)C)C(=O)c2cccc(OC)c2)c(C)n1C. The van der Waals surface area contributed by atoms with E-state index < -0.39 is 12.0 Å². The summed E-state index contributed by atoms with van der Waals surface area (Å²) in [5.74, 6) is -0.173. The van der Waals surface area contributed by atoms with Crippen LogP contribution in [-0.4, -0.2) is 53.4 Å². The molecule has 0 spiro atoms. The van der Waals surface area contributed by atoms with Crippen molar-refractivity contribution in [1.82, 2.24) is 9.47 Å². The Morgan fingerprint density at radius 2 is 1.78 bits per heavy atom. The van der Waals surface area contributed by atoms with Crippen LogP contribution in [0.5, 0.6) is 5.75 Å². The van der Waals surface area contributed by atoms with Crippen LogP contribution in [0.2, 0.25) is 0 Å². The van der Waals surface area contributed by atoms with Crippen LogP contribution in [0.15, 0.2) is 24.3 Å². The van der Waals surface area contributed by atoms with Crippen molar-refractivity contribution >= 4 is 17.7 Å². The number of esters is 1. The second kappa shape index (κ2) is 10.5. The summed E-state index contributed by atoms with van der Waals surface area (Å²) >= 11 is 0. The molecule has 0 aliphatic carbocycles. The Morgan fingerprint density at radius 1 is 1.12 bits per heavy atom. The first-order chi connectivity index (χ1) is 15.0. The average Bonchev–Trinajstić information content (AvgIpc) is 2.98. The van der Waals surface area contributed by atoms with Gasteiger partial charge in [-0.2, -0.15) is 0 Å². The molecule has 2 rings (SSSR count). The number of hydrogen-bond acceptors (Lipinski definition) is 5. The van der Waals surface area contributed by atoms with Gasteiger partial charge in [0.25, 0.3) is 5.91 Å². The number of methoxy groups -OCH3 is 1. The van der Waals surface area contributed by atoms with E-state index in [1.165, 1.54) is 0 Å². The first kappa shape index (κ1) is 25.2. The van der Waals surface area contributed by atoms with E-state index in [-0.39, 0.29) is 24.2 Å². The van der Waals surface area contributed by atoms with Crippen LogP contribution < -0.4 is 4.74 Å². The van der Waals surface area contributed by atoms with Crippen LogP contribution in [0.25, 0.3) is 0 Å². The minimum absolute atomic E-state index is 0.160. The minimum Gasteiger partial charge on any atom is -0.497 e. The fourth-order valence-corrected chi connectivity index (χ4v) is 3.91. The highest BCUT2D eigenvalue weighted by Gasteiger charge is 2.33. The molecule has 0 aliphatic rings. The smallest absolute Gasteiger partial charge is 0.355 e. The van der Waals surface area contributed by atoms with Crippen molar-refractivity contribution in [3.05, 3.63) is 52.3 Å². The number of rotatable bonds is 9. The van der Waals surface area contributed by atoms with E-state index in [4.69, 9.17) is 9.47 Å². The number of carbonyl (C=O) groups is 3. The van der Waals surface area contributed by atoms with Crippen molar-refractivity contribution in [2.24, 2.45) is 13.0 Å². The first-order valence-corrected chi connectivity index (χ1v) is 10.9. The first-order valence-electron chi connectivity index (χ1n) is 10.9. The molecule has 174 valence electrons. The van der Waals surface area contributed by atoms with Gasteiger partial charge in [0.1, 0.15) is 11.4 Å². The number of Topliss-reactive ketones (excluding diaryl/α,β-unsaturated/α-hetero) is 1. The molecule has 0 radical (unpaired) electrons. The lowest BCUT2D eigenvalue weighted by atomic mass is 9.98. The number of benzene rings is 1. The Morgan fingerprint density at radius 3 is 2.34 bits per heavy atom. The standard InChI is InChI=1S/C25H34N2O5/c1-9-32-25(30)22-16(4)21(17(5)26(22)7)23(28)18(6)27(14-15(2)3)24(29)19-11-10-12-20(13-19)31-8/h10-13,15,18H,9,14H2,1-8H3. The average molecular weight is 443 g/mol. The van der Waals surface area contributed by atoms with E-state index in [9.17, 15) is 14.4 Å². The Labute approximate surface area is 190 Å². The summed E-state index contributed by atoms with van der Waals surface area (Å²) in [7, 11) is 3.28. The van der Waals surface area contributed by atoms with Gasteiger partial charge in [0.15, 0.2) is 5.78 Å². The number of hydrogen-bond donors (Lipinski definition) is 0. The normalized spacial score (nSPS) is 11.9. The summed E-state index contributed by atoms with van der Waals surface area (Å²) in [6.07, 6.45) is 0. The van der Waals surface area contributed by atoms with Crippen molar-refractivity contribution in [3.8, 4) is 5.75 Å². The second-order valence-corrected chi connectivity index (χ2v) is 8.34. The summed E-state index contributed by atoms with van der Waals surface area (Å²) < 4.78 is 12.1. The van der Waals surface area contributed by atoms with Crippen LogP contribution in [0.3, 0.4) is 0 Å². The molecule has 7 heteroatoms. The number of amides is 1. The zero-order chi connectivity index (χ0) is 24.2. The highest BCUT2D eigenvalue weighted by molar-refractivity contribution is 6.07. The number of aromatic nitrogens is 1. The number of carbonyl (C=O) groups excluding carboxylic acids is 3. The number of nitrogens with zero attached hydrogens (tertiary/aromatic N) is 2. The van der Waals surface area contributed by atoms with Gasteiger partial charge in [-0.1, -0.05) is 19.9 Å². The topological polar surface area (TPSA) is 77.8 Å². The van der Waals surface area contributed by atoms with Crippen LogP contribution in [0.1, 0.15) is 70.2 Å². The minimum atomic E-state index is -0.717. The maximum Gasteiger partial charge on any atom is 0.355 e. The summed E-state index contributed by atoms with van der Waals surface area (Å²) in [6, 6.07) is 6.19. The summed E-state index contributed by atoms with van der Waals surface area (Å²) in [4.78, 5) is 41.1. The van der Waals surface area contributed by atoms with Gasteiger partial charge in [-0.3, -0.25) is 9.59 Å². The lowest BCUT2D eigenvalue weighted by Crippen LogP contribution is -2.45. The van der Waals surface area contributed by atoms with Crippen molar-refractivity contribution in [1.29, 1.82) is 0 Å². The van der Waals surface area contributed by atoms with Crippen LogP contribution >= 0.6 is 0 Å². The van der Waals surface area contributed by atoms with Crippen molar-refractivity contribution in [2.75, 3.05) is 20.3 Å². The van der Waals surface area contributed by atoms with Crippen molar-refractivity contribution < 1.29 is 23.9 Å². The highest BCUT2D eigenvalue weighted by atomic mass is 16.5. The Hall–Kier alpha value is -3.09. The maximum atomic E-state index is 13.6. The molecule has 0 fully saturated rings. The molecule has 32 heavy (non-hydrogen) atoms. The predicted octanol–water partition coefficient (Wildman–Crippen LogP) is 4.20. The fourth-order valence-electron chi connectivity index (χ4n) is 3.91. The predicted molar refractivity (Wildman–Crippen MR) is 124 cm³/mol. The number of ether oxygens (including phenoxy) is 2. The van der Waals surface area contributed by atoms with Crippen LogP contribution in [-0.2, 0) is 11.8 Å². The van der Waals surface area contributed by atoms with E-state index in [2.05, 4.69) is 0 Å². The third kappa shape index (κ3) is 5.03. The molecule has 1 aromatic heterocycles. The van der Waals surface area contributed by atoms with Gasteiger partial charge in [-0.25, -0.2) is 4.79 Å². The Bertz CT molecular complexity index is 1010. The lowest BCUT2D eigenvalue weighted by Gasteiger charge is -2.30. The van der Waals surface area contributed by atoms with Gasteiger partial charge < -0.3 is 18.9 Å². The third-order valence-electron chi connectivity index (χ3n) is 5.63. The molecule has 1 unspecified atom stereocenters. The van der Waals surface area contributed by atoms with Gasteiger partial charge in [0.2, 0.25) is 0 Å². The molecule has 1 aromatic carbocycles. The molecule has 1 heterocycles. The van der Waals surface area contributed by atoms with Gasteiger partial charge >= 0.3 is 5.97 Å². The molecule has 0 aliphatic heterocycles. The summed E-state index contributed by atoms with van der Waals surface area (Å²) in [6.45, 7) is 11.7. The largest absolute Gasteiger partial charge is 0.497 e. The molecule has 1 atom stereocenters. The Kier molecular flexibility index (Phi) is 8.25. The third-order valence-corrected chi connectivity index (χ3v) is 5.63. The lowest BCUT2D eigenvalue weighted by molar-refractivity contribution is 0.0513. The molecule has 0 saturated heterocycles. The van der Waals surface area contributed by atoms with Gasteiger partial charge in [-0.05, 0) is 57.4 Å². The molecular weight excluding hydrogens is 408 g/mol. The van der Waals surface area contributed by atoms with E-state index in [0.29, 0.717) is 40.4 Å². The van der Waals surface area contributed by atoms with Crippen LogP contribution in [0, 0.1) is 19.8 Å². The van der Waals surface area contributed by atoms with E-state index in [0.717, 1.165) is 0 Å². The fraction of sp³-hybridized carbons (Fsp3) is 0.480. The summed E-state index contributed by atoms with van der Waals surface area (Å²) in [5.41, 5.74) is 2.50. The van der Waals surface area contributed by atoms with Crippen LogP contribution in [0.4, 0.5) is 0 Å². The van der Waals surface area contributed by atoms with E-state index in [1.807, 2.05) is 13.8 Å². The van der Waals surface area contributed by atoms with Gasteiger partial charge in [0.05, 0.1) is 19.8 Å². The second-order valence-electron chi connectivity index (χ2n) is 8.34. The summed E-state index contributed by atoms with van der Waals surface area (Å²) in [5, 5.41) is 0. The zero-order valence-electron chi connectivity index (χ0n) is 20.3. The zero-order valence-corrected chi connectivity index (χ0v) is 20.3. The molecule has 1 amide bonds. The van der Waals surface area contributed by atoms with E-state index in [1.54, 1.807) is 75.6 Å². The van der Waals surface area contributed by atoms with Crippen molar-refractivity contribution in [2.45, 2.75) is 47.6 Å². The molecule has 0 N–H and O–H groups in total. The molecule has 7 nitrogen and oxygen atoms in total. The molecule has 2 aromatic rings.